The Hall–Kier alpha value is -6.17. The molecule has 0 saturated heterocycles. The highest BCUT2D eigenvalue weighted by Gasteiger charge is 2.19. The fraction of sp³-hybridized carbons (Fsp3) is 0. The first-order chi connectivity index (χ1) is 24.2. The fourth-order valence-electron chi connectivity index (χ4n) is 8.00. The quantitative estimate of drug-likeness (QED) is 0.181. The molecule has 4 aromatic heterocycles. The van der Waals surface area contributed by atoms with Crippen molar-refractivity contribution in [3.05, 3.63) is 164 Å². The molecule has 0 atom stereocenters. The van der Waals surface area contributed by atoms with E-state index >= 15 is 4.39 Å². The maximum Gasteiger partial charge on any atom is 0.133 e. The van der Waals surface area contributed by atoms with Crippen LogP contribution in [0.15, 0.2) is 158 Å². The van der Waals surface area contributed by atoms with Crippen molar-refractivity contribution in [3.8, 4) is 22.5 Å². The minimum atomic E-state index is -0.194. The lowest BCUT2D eigenvalue weighted by Crippen LogP contribution is -1.93. The van der Waals surface area contributed by atoms with Gasteiger partial charge in [-0.25, -0.2) is 4.39 Å². The second-order valence-electron chi connectivity index (χ2n) is 12.7. The van der Waals surface area contributed by atoms with Gasteiger partial charge in [-0.2, -0.15) is 0 Å². The first-order valence-corrected chi connectivity index (χ1v) is 17.3. The van der Waals surface area contributed by atoms with Crippen molar-refractivity contribution in [2.75, 3.05) is 0 Å². The third kappa shape index (κ3) is 3.71. The molecule has 0 aliphatic heterocycles. The number of benzene rings is 7. The summed E-state index contributed by atoms with van der Waals surface area (Å²) in [6.45, 7) is 0. The Morgan fingerprint density at radius 2 is 1.24 bits per heavy atom. The number of hydrogen-bond acceptors (Lipinski definition) is 1. The molecule has 0 radical (unpaired) electrons. The zero-order chi connectivity index (χ0) is 32.2. The lowest BCUT2D eigenvalue weighted by Gasteiger charge is -2.08. The summed E-state index contributed by atoms with van der Waals surface area (Å²) in [6, 6.07) is 55.2. The van der Waals surface area contributed by atoms with Gasteiger partial charge in [0, 0.05) is 47.7 Å². The SMILES string of the molecule is Fc1cccc2c1c1ccccc1n2-c1ccc2sc3c(-c4ccc5c(c4)n4c6ccccc6cc4n5-c4ccccc4)cccc3c2c1. The Kier molecular flexibility index (Phi) is 5.44. The molecule has 230 valence electrons. The molecule has 0 unspecified atom stereocenters. The summed E-state index contributed by atoms with van der Waals surface area (Å²) in [5.41, 5.74) is 11.2. The predicted molar refractivity (Wildman–Crippen MR) is 204 cm³/mol. The fourth-order valence-corrected chi connectivity index (χ4v) is 9.21. The number of fused-ring (bicyclic) bond motifs is 11. The number of thiophene rings is 1. The van der Waals surface area contributed by atoms with E-state index in [1.54, 1.807) is 12.1 Å². The molecule has 11 rings (SSSR count). The van der Waals surface area contributed by atoms with E-state index in [0.717, 1.165) is 33.4 Å². The standard InChI is InChI=1S/C44H26FN3S/c45-35-16-9-19-39-43(35)33-13-5-7-18-37(33)46(39)30-21-23-41-34(26-30)32-15-8-14-31(44(32)49-41)27-20-22-38-40(24-27)48-36-17-6-4-10-28(36)25-42(48)47(38)29-11-2-1-3-12-29/h1-26H. The maximum absolute atomic E-state index is 15.2. The average Bonchev–Trinajstić information content (AvgIpc) is 3.88. The summed E-state index contributed by atoms with van der Waals surface area (Å²) in [4.78, 5) is 0. The van der Waals surface area contributed by atoms with Crippen LogP contribution in [0.2, 0.25) is 0 Å². The Morgan fingerprint density at radius 3 is 2.16 bits per heavy atom. The second-order valence-corrected chi connectivity index (χ2v) is 13.8. The van der Waals surface area contributed by atoms with Crippen LogP contribution in [-0.2, 0) is 0 Å². The first kappa shape index (κ1) is 26.9. The van der Waals surface area contributed by atoms with Crippen LogP contribution < -0.4 is 0 Å². The van der Waals surface area contributed by atoms with Crippen LogP contribution in [0.4, 0.5) is 4.39 Å². The van der Waals surface area contributed by atoms with Crippen LogP contribution in [0.1, 0.15) is 0 Å². The number of nitrogens with zero attached hydrogens (tertiary/aromatic N) is 3. The molecule has 0 N–H and O–H groups in total. The van der Waals surface area contributed by atoms with E-state index in [1.165, 1.54) is 53.2 Å². The van der Waals surface area contributed by atoms with Gasteiger partial charge in [0.05, 0.1) is 27.6 Å². The van der Waals surface area contributed by atoms with Crippen LogP contribution in [-0.4, -0.2) is 13.5 Å². The van der Waals surface area contributed by atoms with Crippen LogP contribution in [0.25, 0.3) is 92.1 Å². The van der Waals surface area contributed by atoms with E-state index in [1.807, 2.05) is 35.6 Å². The Labute approximate surface area is 283 Å². The van der Waals surface area contributed by atoms with Crippen molar-refractivity contribution in [3.63, 3.8) is 0 Å². The van der Waals surface area contributed by atoms with Gasteiger partial charge in [-0.3, -0.25) is 8.97 Å². The molecule has 7 aromatic carbocycles. The molecular formula is C44H26FN3S. The van der Waals surface area contributed by atoms with E-state index in [2.05, 4.69) is 135 Å². The molecule has 0 amide bonds. The van der Waals surface area contributed by atoms with Crippen LogP contribution in [0, 0.1) is 5.82 Å². The molecule has 0 bridgehead atoms. The van der Waals surface area contributed by atoms with Gasteiger partial charge in [-0.05, 0) is 83.9 Å². The summed E-state index contributed by atoms with van der Waals surface area (Å²) < 4.78 is 24.6. The molecule has 3 nitrogen and oxygen atoms in total. The number of rotatable bonds is 3. The molecule has 5 heteroatoms. The van der Waals surface area contributed by atoms with Crippen molar-refractivity contribution in [1.82, 2.24) is 13.5 Å². The van der Waals surface area contributed by atoms with Gasteiger partial charge >= 0.3 is 0 Å². The highest BCUT2D eigenvalue weighted by Crippen LogP contribution is 2.43. The second kappa shape index (κ2) is 9.92. The number of imidazole rings is 1. The number of para-hydroxylation sites is 3. The number of hydrogen-bond donors (Lipinski definition) is 0. The highest BCUT2D eigenvalue weighted by atomic mass is 32.1. The van der Waals surface area contributed by atoms with Gasteiger partial charge in [0.25, 0.3) is 0 Å². The summed E-state index contributed by atoms with van der Waals surface area (Å²) in [5.74, 6) is -0.194. The summed E-state index contributed by atoms with van der Waals surface area (Å²) in [7, 11) is 0. The zero-order valence-electron chi connectivity index (χ0n) is 26.1. The molecule has 0 spiro atoms. The molecular weight excluding hydrogens is 622 g/mol. The van der Waals surface area contributed by atoms with E-state index in [0.29, 0.717) is 5.39 Å². The van der Waals surface area contributed by atoms with Crippen LogP contribution in [0.3, 0.4) is 0 Å². The van der Waals surface area contributed by atoms with E-state index in [4.69, 9.17) is 0 Å². The normalized spacial score (nSPS) is 12.2. The van der Waals surface area contributed by atoms with Crippen molar-refractivity contribution in [2.45, 2.75) is 0 Å². The minimum Gasteiger partial charge on any atom is -0.309 e. The van der Waals surface area contributed by atoms with Crippen LogP contribution in [0.5, 0.6) is 0 Å². The van der Waals surface area contributed by atoms with Crippen molar-refractivity contribution >= 4 is 80.9 Å². The summed E-state index contributed by atoms with van der Waals surface area (Å²) in [5, 5.41) is 5.25. The average molecular weight is 648 g/mol. The van der Waals surface area contributed by atoms with E-state index in [9.17, 15) is 0 Å². The smallest absolute Gasteiger partial charge is 0.133 e. The zero-order valence-corrected chi connectivity index (χ0v) is 27.0. The van der Waals surface area contributed by atoms with E-state index in [-0.39, 0.29) is 5.82 Å². The number of halogens is 1. The van der Waals surface area contributed by atoms with Gasteiger partial charge in [0.2, 0.25) is 0 Å². The van der Waals surface area contributed by atoms with Gasteiger partial charge in [0.1, 0.15) is 11.5 Å². The monoisotopic (exact) mass is 647 g/mol. The maximum atomic E-state index is 15.2. The lowest BCUT2D eigenvalue weighted by atomic mass is 10.0. The first-order valence-electron chi connectivity index (χ1n) is 16.5. The molecule has 0 aliphatic carbocycles. The van der Waals surface area contributed by atoms with Crippen molar-refractivity contribution < 1.29 is 4.39 Å². The highest BCUT2D eigenvalue weighted by molar-refractivity contribution is 7.26. The molecule has 0 saturated carbocycles. The summed E-state index contributed by atoms with van der Waals surface area (Å²) >= 11 is 1.83. The Balaban J connectivity index is 1.14. The Bertz CT molecular complexity index is 3120. The number of aromatic nitrogens is 3. The summed E-state index contributed by atoms with van der Waals surface area (Å²) in [6.07, 6.45) is 0. The third-order valence-electron chi connectivity index (χ3n) is 10.1. The Morgan fingerprint density at radius 1 is 0.469 bits per heavy atom. The van der Waals surface area contributed by atoms with Gasteiger partial charge in [0.15, 0.2) is 0 Å². The predicted octanol–water partition coefficient (Wildman–Crippen LogP) is 12.3. The molecule has 0 aliphatic rings. The van der Waals surface area contributed by atoms with Gasteiger partial charge in [-0.15, -0.1) is 11.3 Å². The lowest BCUT2D eigenvalue weighted by molar-refractivity contribution is 0.640. The van der Waals surface area contributed by atoms with Crippen molar-refractivity contribution in [2.24, 2.45) is 0 Å². The van der Waals surface area contributed by atoms with Crippen molar-refractivity contribution in [1.29, 1.82) is 0 Å². The molecule has 4 heterocycles. The largest absolute Gasteiger partial charge is 0.309 e. The van der Waals surface area contributed by atoms with E-state index < -0.39 is 0 Å². The third-order valence-corrected chi connectivity index (χ3v) is 11.3. The minimum absolute atomic E-state index is 0.194. The van der Waals surface area contributed by atoms with Gasteiger partial charge in [-0.1, -0.05) is 84.9 Å². The molecule has 0 fully saturated rings. The molecule has 11 aromatic rings. The van der Waals surface area contributed by atoms with Crippen LogP contribution >= 0.6 is 11.3 Å². The topological polar surface area (TPSA) is 14.3 Å². The molecule has 49 heavy (non-hydrogen) atoms. The van der Waals surface area contributed by atoms with Gasteiger partial charge < -0.3 is 4.57 Å².